The number of amides is 1. The fraction of sp³-hybridized carbons (Fsp3) is 0.278. The summed E-state index contributed by atoms with van der Waals surface area (Å²) in [6.45, 7) is 3.70. The third-order valence-electron chi connectivity index (χ3n) is 3.81. The first-order valence-electron chi connectivity index (χ1n) is 8.14. The molecule has 1 amide bonds. The molecule has 2 rings (SSSR count). The van der Waals surface area contributed by atoms with Gasteiger partial charge in [-0.15, -0.1) is 0 Å². The van der Waals surface area contributed by atoms with Crippen molar-refractivity contribution in [1.29, 1.82) is 0 Å². The van der Waals surface area contributed by atoms with E-state index in [0.29, 0.717) is 11.4 Å². The second-order valence-corrected chi connectivity index (χ2v) is 7.83. The number of halogens is 2. The SMILES string of the molecule is CCNS(=O)(=O)c1ccc(F)c(C(=O)NC(CC)c2ccc(Cl)cc2)c1. The maximum absolute atomic E-state index is 14.1. The highest BCUT2D eigenvalue weighted by atomic mass is 35.5. The van der Waals surface area contributed by atoms with E-state index >= 15 is 0 Å². The van der Waals surface area contributed by atoms with Crippen LogP contribution in [0.3, 0.4) is 0 Å². The Hall–Kier alpha value is -1.96. The second-order valence-electron chi connectivity index (χ2n) is 5.63. The molecule has 0 radical (unpaired) electrons. The summed E-state index contributed by atoms with van der Waals surface area (Å²) in [5.74, 6) is -1.47. The number of sulfonamides is 1. The quantitative estimate of drug-likeness (QED) is 0.747. The molecule has 0 saturated heterocycles. The van der Waals surface area contributed by atoms with Crippen LogP contribution in [0.25, 0.3) is 0 Å². The van der Waals surface area contributed by atoms with Crippen LogP contribution in [-0.4, -0.2) is 20.9 Å². The molecule has 0 aliphatic carbocycles. The van der Waals surface area contributed by atoms with Gasteiger partial charge in [0, 0.05) is 11.6 Å². The van der Waals surface area contributed by atoms with Crippen LogP contribution in [0.5, 0.6) is 0 Å². The molecule has 0 saturated carbocycles. The van der Waals surface area contributed by atoms with Crippen LogP contribution in [0.4, 0.5) is 4.39 Å². The standard InChI is InChI=1S/C18H20ClFN2O3S/c1-3-17(12-5-7-13(19)8-6-12)22-18(23)15-11-14(9-10-16(15)20)26(24,25)21-4-2/h5-11,17,21H,3-4H2,1-2H3,(H,22,23). The van der Waals surface area contributed by atoms with Crippen molar-refractivity contribution in [2.75, 3.05) is 6.54 Å². The predicted octanol–water partition coefficient (Wildman–Crippen LogP) is 3.66. The molecular weight excluding hydrogens is 379 g/mol. The Morgan fingerprint density at radius 1 is 1.15 bits per heavy atom. The lowest BCUT2D eigenvalue weighted by Crippen LogP contribution is -2.29. The Bertz CT molecular complexity index is 886. The zero-order chi connectivity index (χ0) is 19.3. The third kappa shape index (κ3) is 4.81. The Kier molecular flexibility index (Phi) is 6.75. The van der Waals surface area contributed by atoms with E-state index in [0.717, 1.165) is 23.8 Å². The van der Waals surface area contributed by atoms with Crippen molar-refractivity contribution in [3.63, 3.8) is 0 Å². The van der Waals surface area contributed by atoms with Gasteiger partial charge in [-0.25, -0.2) is 17.5 Å². The summed E-state index contributed by atoms with van der Waals surface area (Å²) in [6.07, 6.45) is 0.574. The second kappa shape index (κ2) is 8.62. The van der Waals surface area contributed by atoms with Gasteiger partial charge in [-0.1, -0.05) is 37.6 Å². The lowest BCUT2D eigenvalue weighted by molar-refractivity contribution is 0.0931. The monoisotopic (exact) mass is 398 g/mol. The molecule has 0 fully saturated rings. The van der Waals surface area contributed by atoms with E-state index in [2.05, 4.69) is 10.0 Å². The Balaban J connectivity index is 2.29. The smallest absolute Gasteiger partial charge is 0.254 e. The van der Waals surface area contributed by atoms with Crippen molar-refractivity contribution >= 4 is 27.5 Å². The number of rotatable bonds is 7. The summed E-state index contributed by atoms with van der Waals surface area (Å²) in [6, 6.07) is 9.75. The van der Waals surface area contributed by atoms with Gasteiger partial charge in [-0.2, -0.15) is 0 Å². The van der Waals surface area contributed by atoms with Gasteiger partial charge >= 0.3 is 0 Å². The van der Waals surface area contributed by atoms with Crippen molar-refractivity contribution < 1.29 is 17.6 Å². The zero-order valence-electron chi connectivity index (χ0n) is 14.4. The molecule has 0 aliphatic heterocycles. The van der Waals surface area contributed by atoms with Crippen LogP contribution in [0, 0.1) is 5.82 Å². The van der Waals surface area contributed by atoms with E-state index in [1.165, 1.54) is 0 Å². The molecule has 8 heteroatoms. The summed E-state index contributed by atoms with van der Waals surface area (Å²) in [5, 5.41) is 3.30. The highest BCUT2D eigenvalue weighted by Gasteiger charge is 2.21. The lowest BCUT2D eigenvalue weighted by Gasteiger charge is -2.18. The van der Waals surface area contributed by atoms with E-state index in [-0.39, 0.29) is 23.0 Å². The molecule has 5 nitrogen and oxygen atoms in total. The van der Waals surface area contributed by atoms with Crippen molar-refractivity contribution in [2.45, 2.75) is 31.2 Å². The lowest BCUT2D eigenvalue weighted by atomic mass is 10.0. The number of carbonyl (C=O) groups is 1. The first kappa shape index (κ1) is 20.4. The highest BCUT2D eigenvalue weighted by molar-refractivity contribution is 7.89. The summed E-state index contributed by atoms with van der Waals surface area (Å²) in [5.41, 5.74) is 0.499. The zero-order valence-corrected chi connectivity index (χ0v) is 16.0. The summed E-state index contributed by atoms with van der Waals surface area (Å²) < 4.78 is 40.6. The molecule has 0 bridgehead atoms. The minimum absolute atomic E-state index is 0.162. The van der Waals surface area contributed by atoms with Gasteiger partial charge in [0.15, 0.2) is 0 Å². The van der Waals surface area contributed by atoms with Gasteiger partial charge < -0.3 is 5.32 Å². The molecule has 2 N–H and O–H groups in total. The van der Waals surface area contributed by atoms with Crippen molar-refractivity contribution in [3.05, 3.63) is 64.4 Å². The number of carbonyl (C=O) groups excluding carboxylic acids is 1. The molecular formula is C18H20ClFN2O3S. The van der Waals surface area contributed by atoms with Crippen LogP contribution in [0.15, 0.2) is 47.4 Å². The molecule has 0 aromatic heterocycles. The minimum atomic E-state index is -3.79. The predicted molar refractivity (Wildman–Crippen MR) is 99.2 cm³/mol. The van der Waals surface area contributed by atoms with Gasteiger partial charge in [-0.3, -0.25) is 4.79 Å². The molecule has 2 aromatic rings. The van der Waals surface area contributed by atoms with Gasteiger partial charge in [0.1, 0.15) is 5.82 Å². The van der Waals surface area contributed by atoms with Crippen molar-refractivity contribution in [3.8, 4) is 0 Å². The van der Waals surface area contributed by atoms with Gasteiger partial charge in [0.05, 0.1) is 16.5 Å². The average molecular weight is 399 g/mol. The first-order chi connectivity index (χ1) is 12.3. The maximum Gasteiger partial charge on any atom is 0.254 e. The van der Waals surface area contributed by atoms with Gasteiger partial charge in [0.2, 0.25) is 10.0 Å². The Morgan fingerprint density at radius 2 is 1.81 bits per heavy atom. The topological polar surface area (TPSA) is 75.3 Å². The van der Waals surface area contributed by atoms with Crippen LogP contribution >= 0.6 is 11.6 Å². The van der Waals surface area contributed by atoms with E-state index in [1.807, 2.05) is 6.92 Å². The number of benzene rings is 2. The molecule has 0 aliphatic rings. The molecule has 2 aromatic carbocycles. The third-order valence-corrected chi connectivity index (χ3v) is 5.61. The maximum atomic E-state index is 14.1. The summed E-state index contributed by atoms with van der Waals surface area (Å²) in [7, 11) is -3.79. The molecule has 1 unspecified atom stereocenters. The minimum Gasteiger partial charge on any atom is -0.345 e. The van der Waals surface area contributed by atoms with Gasteiger partial charge in [-0.05, 0) is 42.3 Å². The van der Waals surface area contributed by atoms with Crippen LogP contribution in [-0.2, 0) is 10.0 Å². The fourth-order valence-electron chi connectivity index (χ4n) is 2.47. The van der Waals surface area contributed by atoms with Crippen molar-refractivity contribution in [1.82, 2.24) is 10.0 Å². The van der Waals surface area contributed by atoms with E-state index < -0.39 is 21.7 Å². The highest BCUT2D eigenvalue weighted by Crippen LogP contribution is 2.21. The van der Waals surface area contributed by atoms with E-state index in [1.54, 1.807) is 31.2 Å². The molecule has 0 spiro atoms. The van der Waals surface area contributed by atoms with Crippen LogP contribution in [0.1, 0.15) is 42.2 Å². The fourth-order valence-corrected chi connectivity index (χ4v) is 3.66. The largest absolute Gasteiger partial charge is 0.345 e. The van der Waals surface area contributed by atoms with E-state index in [9.17, 15) is 17.6 Å². The molecule has 1 atom stereocenters. The van der Waals surface area contributed by atoms with Crippen molar-refractivity contribution in [2.24, 2.45) is 0 Å². The molecule has 26 heavy (non-hydrogen) atoms. The molecule has 140 valence electrons. The van der Waals surface area contributed by atoms with E-state index in [4.69, 9.17) is 11.6 Å². The normalized spacial score (nSPS) is 12.6. The first-order valence-corrected chi connectivity index (χ1v) is 10.00. The van der Waals surface area contributed by atoms with Crippen LogP contribution in [0.2, 0.25) is 5.02 Å². The van der Waals surface area contributed by atoms with Gasteiger partial charge in [0.25, 0.3) is 5.91 Å². The summed E-state index contributed by atoms with van der Waals surface area (Å²) >= 11 is 5.87. The number of hydrogen-bond acceptors (Lipinski definition) is 3. The average Bonchev–Trinajstić information content (AvgIpc) is 2.60. The summed E-state index contributed by atoms with van der Waals surface area (Å²) in [4.78, 5) is 12.4. The van der Waals surface area contributed by atoms with Crippen LogP contribution < -0.4 is 10.0 Å². The molecule has 0 heterocycles. The Morgan fingerprint density at radius 3 is 2.38 bits per heavy atom. The number of hydrogen-bond donors (Lipinski definition) is 2. The number of nitrogens with one attached hydrogen (secondary N) is 2. The Labute approximate surface area is 157 Å².